The van der Waals surface area contributed by atoms with Crippen molar-refractivity contribution in [3.63, 3.8) is 0 Å². The van der Waals surface area contributed by atoms with Gasteiger partial charge in [0.15, 0.2) is 17.1 Å². The van der Waals surface area contributed by atoms with Gasteiger partial charge >= 0.3 is 0 Å². The van der Waals surface area contributed by atoms with E-state index in [-0.39, 0.29) is 23.7 Å². The molecule has 5 N–H and O–H groups in total. The summed E-state index contributed by atoms with van der Waals surface area (Å²) in [5.74, 6) is -1.52. The third-order valence-electron chi connectivity index (χ3n) is 7.17. The number of aliphatic hydroxyl groups is 2. The van der Waals surface area contributed by atoms with E-state index < -0.39 is 30.3 Å². The number of halogens is 2. The van der Waals surface area contributed by atoms with Crippen LogP contribution in [0.25, 0.3) is 28.3 Å². The molecule has 1 atom stereocenters. The summed E-state index contributed by atoms with van der Waals surface area (Å²) in [5.41, 5.74) is 7.04. The van der Waals surface area contributed by atoms with Crippen molar-refractivity contribution >= 4 is 34.2 Å². The van der Waals surface area contributed by atoms with E-state index in [1.54, 1.807) is 27.9 Å². The van der Waals surface area contributed by atoms with Crippen molar-refractivity contribution in [3.05, 3.63) is 53.9 Å². The summed E-state index contributed by atoms with van der Waals surface area (Å²) in [4.78, 5) is 25.4. The molecule has 1 amide bonds. The largest absolute Gasteiger partial charge is 0.461 e. The highest BCUT2D eigenvalue weighted by atomic mass is 19.1. The van der Waals surface area contributed by atoms with Crippen LogP contribution < -0.4 is 16.0 Å². The molecule has 5 heterocycles. The van der Waals surface area contributed by atoms with Crippen LogP contribution in [-0.2, 0) is 6.54 Å². The van der Waals surface area contributed by atoms with E-state index in [0.29, 0.717) is 73.6 Å². The fourth-order valence-corrected chi connectivity index (χ4v) is 4.90. The number of hydrogen-bond acceptors (Lipinski definition) is 11. The van der Waals surface area contributed by atoms with Gasteiger partial charge in [-0.3, -0.25) is 9.69 Å². The molecule has 42 heavy (non-hydrogen) atoms. The number of nitrogens with zero attached hydrogens (tertiary/aromatic N) is 8. The average Bonchev–Trinajstić information content (AvgIpc) is 3.75. The van der Waals surface area contributed by atoms with Gasteiger partial charge in [-0.1, -0.05) is 0 Å². The van der Waals surface area contributed by atoms with Crippen LogP contribution in [-0.4, -0.2) is 102 Å². The Labute approximate surface area is 237 Å². The second kappa shape index (κ2) is 11.3. The van der Waals surface area contributed by atoms with E-state index in [1.165, 1.54) is 16.8 Å². The van der Waals surface area contributed by atoms with Gasteiger partial charge in [-0.25, -0.2) is 18.4 Å². The predicted molar refractivity (Wildman–Crippen MR) is 147 cm³/mol. The molecule has 0 aliphatic carbocycles. The summed E-state index contributed by atoms with van der Waals surface area (Å²) in [7, 11) is 0. The van der Waals surface area contributed by atoms with Crippen LogP contribution in [0, 0.1) is 11.6 Å². The number of carbonyl (C=O) groups excluding carboxylic acids is 1. The molecular weight excluding hydrogens is 554 g/mol. The van der Waals surface area contributed by atoms with Crippen molar-refractivity contribution in [3.8, 4) is 11.6 Å². The van der Waals surface area contributed by atoms with Crippen LogP contribution in [0.3, 0.4) is 0 Å². The molecule has 14 nitrogen and oxygen atoms in total. The minimum absolute atomic E-state index is 0.118. The van der Waals surface area contributed by atoms with Crippen LogP contribution in [0.4, 0.5) is 20.4 Å². The van der Waals surface area contributed by atoms with E-state index in [2.05, 4.69) is 30.4 Å². The van der Waals surface area contributed by atoms with Crippen LogP contribution >= 0.6 is 0 Å². The summed E-state index contributed by atoms with van der Waals surface area (Å²) in [6.07, 6.45) is 2.03. The maximum absolute atomic E-state index is 14.7. The number of piperazine rings is 1. The molecule has 0 radical (unpaired) electrons. The topological polar surface area (TPSA) is 176 Å². The molecule has 0 bridgehead atoms. The number of aromatic nitrogens is 6. The van der Waals surface area contributed by atoms with Gasteiger partial charge in [0.1, 0.15) is 11.6 Å². The minimum Gasteiger partial charge on any atom is -0.461 e. The lowest BCUT2D eigenvalue weighted by Gasteiger charge is -2.36. The molecule has 1 aliphatic rings. The second-order valence-electron chi connectivity index (χ2n) is 9.88. The summed E-state index contributed by atoms with van der Waals surface area (Å²) < 4.78 is 37.7. The van der Waals surface area contributed by atoms with Crippen LogP contribution in [0.1, 0.15) is 10.4 Å². The number of benzene rings is 1. The lowest BCUT2D eigenvalue weighted by atomic mass is 10.1. The molecule has 0 spiro atoms. The number of furan rings is 1. The molecular formula is C26H28F2N10O4. The predicted octanol–water partition coefficient (Wildman–Crippen LogP) is 0.500. The van der Waals surface area contributed by atoms with E-state index >= 15 is 0 Å². The Morgan fingerprint density at radius 3 is 2.67 bits per heavy atom. The van der Waals surface area contributed by atoms with Gasteiger partial charge in [0.2, 0.25) is 11.8 Å². The number of hydrogen-bond donors (Lipinski definition) is 4. The van der Waals surface area contributed by atoms with Gasteiger partial charge < -0.3 is 30.6 Å². The summed E-state index contributed by atoms with van der Waals surface area (Å²) in [5, 5.41) is 30.3. The number of fused-ring (bicyclic) bond motifs is 3. The molecule has 16 heteroatoms. The highest BCUT2D eigenvalue weighted by Gasteiger charge is 2.24. The number of nitrogens with one attached hydrogen (secondary N) is 1. The van der Waals surface area contributed by atoms with Gasteiger partial charge in [0, 0.05) is 45.3 Å². The van der Waals surface area contributed by atoms with Gasteiger partial charge in [0.05, 0.1) is 48.4 Å². The SMILES string of the molecule is Nc1nc2c(cnn2CCN2CCN(c3cc(C(=O)NC[C@H](O)CO)c(F)cc3F)CC2)c2nc(-c3ccco3)nn12. The molecule has 5 aromatic rings. The molecule has 4 aromatic heterocycles. The Hall–Kier alpha value is -4.67. The smallest absolute Gasteiger partial charge is 0.254 e. The van der Waals surface area contributed by atoms with Crippen LogP contribution in [0.15, 0.2) is 41.1 Å². The lowest BCUT2D eigenvalue weighted by molar-refractivity contribution is 0.0799. The Morgan fingerprint density at radius 2 is 1.93 bits per heavy atom. The van der Waals surface area contributed by atoms with E-state index in [0.717, 1.165) is 0 Å². The highest BCUT2D eigenvalue weighted by molar-refractivity contribution is 5.95. The monoisotopic (exact) mass is 582 g/mol. The lowest BCUT2D eigenvalue weighted by Crippen LogP contribution is -2.47. The van der Waals surface area contributed by atoms with Gasteiger partial charge in [-0.05, 0) is 18.2 Å². The Balaban J connectivity index is 1.11. The maximum Gasteiger partial charge on any atom is 0.254 e. The number of nitrogens with two attached hydrogens (primary N) is 1. The number of carbonyl (C=O) groups is 1. The first-order valence-corrected chi connectivity index (χ1v) is 13.3. The van der Waals surface area contributed by atoms with Gasteiger partial charge in [0.25, 0.3) is 5.91 Å². The minimum atomic E-state index is -1.18. The standard InChI is InChI=1S/C26H28F2N10O4/c27-18-11-19(28)20(10-16(18)25(41)30-12-15(40)14-39)36-6-3-35(4-7-36)5-8-37-23-17(13-31-37)24-32-22(21-2-1-9-42-21)34-38(24)26(29)33-23/h1-2,9-11,13,15,39-40H,3-8,12,14H2,(H2,29,33)(H,30,41)/t15-/m0/s1. The number of amides is 1. The average molecular weight is 583 g/mol. The van der Waals surface area contributed by atoms with Crippen molar-refractivity contribution in [1.29, 1.82) is 0 Å². The molecule has 1 saturated heterocycles. The first-order valence-electron chi connectivity index (χ1n) is 13.3. The van der Waals surface area contributed by atoms with Gasteiger partial charge in [-0.2, -0.15) is 14.6 Å². The third-order valence-corrected chi connectivity index (χ3v) is 7.17. The fraction of sp³-hybridized carbons (Fsp3) is 0.346. The molecule has 6 rings (SSSR count). The molecule has 0 unspecified atom stereocenters. The van der Waals surface area contributed by atoms with Crippen molar-refractivity contribution in [1.82, 2.24) is 39.6 Å². The number of anilines is 2. The highest BCUT2D eigenvalue weighted by Crippen LogP contribution is 2.26. The molecule has 1 fully saturated rings. The molecule has 0 saturated carbocycles. The molecule has 1 aliphatic heterocycles. The van der Waals surface area contributed by atoms with E-state index in [1.807, 2.05) is 0 Å². The van der Waals surface area contributed by atoms with Crippen molar-refractivity contribution in [2.24, 2.45) is 0 Å². The normalized spacial score (nSPS) is 15.1. The van der Waals surface area contributed by atoms with E-state index in [4.69, 9.17) is 15.3 Å². The zero-order valence-corrected chi connectivity index (χ0v) is 22.3. The van der Waals surface area contributed by atoms with Crippen LogP contribution in [0.5, 0.6) is 0 Å². The molecule has 1 aromatic carbocycles. The third kappa shape index (κ3) is 5.22. The maximum atomic E-state index is 14.7. The number of nitrogen functional groups attached to an aromatic ring is 1. The Bertz CT molecular complexity index is 1730. The first-order chi connectivity index (χ1) is 20.3. The van der Waals surface area contributed by atoms with Crippen LogP contribution in [0.2, 0.25) is 0 Å². The second-order valence-corrected chi connectivity index (χ2v) is 9.88. The van der Waals surface area contributed by atoms with Gasteiger partial charge in [-0.15, -0.1) is 5.10 Å². The zero-order valence-electron chi connectivity index (χ0n) is 22.3. The fourth-order valence-electron chi connectivity index (χ4n) is 4.90. The Morgan fingerprint density at radius 1 is 1.12 bits per heavy atom. The number of aliphatic hydroxyl groups excluding tert-OH is 2. The van der Waals surface area contributed by atoms with Crippen molar-refractivity contribution in [2.75, 3.05) is 56.5 Å². The summed E-state index contributed by atoms with van der Waals surface area (Å²) >= 11 is 0. The Kier molecular flexibility index (Phi) is 7.40. The summed E-state index contributed by atoms with van der Waals surface area (Å²) in [6.45, 7) is 2.43. The summed E-state index contributed by atoms with van der Waals surface area (Å²) in [6, 6.07) is 5.36. The zero-order chi connectivity index (χ0) is 29.4. The van der Waals surface area contributed by atoms with Crippen molar-refractivity contribution < 1.29 is 28.2 Å². The first kappa shape index (κ1) is 27.5. The quantitative estimate of drug-likeness (QED) is 0.190. The number of rotatable bonds is 9. The molecule has 220 valence electrons. The van der Waals surface area contributed by atoms with Crippen molar-refractivity contribution in [2.45, 2.75) is 12.6 Å². The van der Waals surface area contributed by atoms with E-state index in [9.17, 15) is 18.7 Å².